The van der Waals surface area contributed by atoms with Gasteiger partial charge in [-0.25, -0.2) is 20.2 Å². The largest absolute Gasteiger partial charge is 0.496 e. The number of nitrogens with two attached hydrogens (primary N) is 1. The number of ether oxygens (including phenoxy) is 3. The first-order valence-electron chi connectivity index (χ1n) is 40.2. The zero-order valence-corrected chi connectivity index (χ0v) is 68.7. The fourth-order valence-electron chi connectivity index (χ4n) is 19.3. The van der Waals surface area contributed by atoms with Crippen molar-refractivity contribution in [3.05, 3.63) is 129 Å². The van der Waals surface area contributed by atoms with Crippen molar-refractivity contribution in [2.24, 2.45) is 17.3 Å². The molecular formula is C82H105N15O20S2. The number of piperidine rings is 1. The average molecular weight is 1680 g/mol. The Morgan fingerprint density at radius 3 is 2.29 bits per heavy atom. The van der Waals surface area contributed by atoms with E-state index in [-0.39, 0.29) is 125 Å². The maximum Gasteiger partial charge on any atom is 0.426 e. The van der Waals surface area contributed by atoms with Crippen LogP contribution in [0.2, 0.25) is 0 Å². The number of aliphatic carboxylic acids is 3. The van der Waals surface area contributed by atoms with Crippen molar-refractivity contribution in [1.29, 1.82) is 0 Å². The molecule has 2 bridgehead atoms. The number of ketones is 2. The Morgan fingerprint density at radius 2 is 1.57 bits per heavy atom. The molecule has 1 spiro atoms. The van der Waals surface area contributed by atoms with Crippen LogP contribution in [0.25, 0.3) is 22.1 Å². The van der Waals surface area contributed by atoms with Gasteiger partial charge in [0.1, 0.15) is 30.9 Å². The first-order chi connectivity index (χ1) is 57.0. The zero-order chi connectivity index (χ0) is 85.1. The molecule has 1 unspecified atom stereocenters. The molecule has 11 atom stereocenters. The van der Waals surface area contributed by atoms with E-state index in [1.165, 1.54) is 37.6 Å². The van der Waals surface area contributed by atoms with Gasteiger partial charge in [-0.1, -0.05) is 90.1 Å². The molecule has 37 heteroatoms. The van der Waals surface area contributed by atoms with Gasteiger partial charge in [-0.3, -0.25) is 78.0 Å². The third kappa shape index (κ3) is 19.1. The lowest BCUT2D eigenvalue weighted by atomic mass is 9.47. The fraction of sp³-hybridized carbons (Fsp3) is 0.537. The van der Waals surface area contributed by atoms with Gasteiger partial charge < -0.3 is 71.1 Å². The highest BCUT2D eigenvalue weighted by Crippen LogP contribution is 2.68. The molecule has 0 radical (unpaired) electrons. The van der Waals surface area contributed by atoms with Gasteiger partial charge in [-0.05, 0) is 105 Å². The van der Waals surface area contributed by atoms with E-state index in [4.69, 9.17) is 19.9 Å². The summed E-state index contributed by atoms with van der Waals surface area (Å²) in [7, 11) is 6.01. The Balaban J connectivity index is 0.587. The van der Waals surface area contributed by atoms with E-state index >= 15 is 4.79 Å². The number of aryl methyl sites for hydroxylation is 2. The second-order valence-electron chi connectivity index (χ2n) is 32.0. The number of aliphatic hydroxyl groups is 3. The molecule has 3 aromatic carbocycles. The fourth-order valence-corrected chi connectivity index (χ4v) is 21.1. The number of H-pyrrole nitrogens is 2. The summed E-state index contributed by atoms with van der Waals surface area (Å²) in [6, 6.07) is 17.2. The maximum absolute atomic E-state index is 15.2. The molecule has 1 saturated carbocycles. The van der Waals surface area contributed by atoms with Crippen LogP contribution in [-0.4, -0.2) is 288 Å². The lowest BCUT2D eigenvalue weighted by Gasteiger charge is -2.63. The number of para-hydroxylation sites is 1. The molecule has 119 heavy (non-hydrogen) atoms. The molecule has 4 amide bonds. The standard InChI is InChI=1S/C82H105N15O20S2/c1-5-78(113)38-50-39-80(47-116-48-98,68-56(22-28-96(41-50)46-78)55-12-7-8-13-59(55)88-68)58-36-57-60(37-62(58)115-4)93(3)73-81(57)24-29-97-27-10-23-79(6-2,72(81)97)74(110)82(73,114)75(111)91-92-77(112)117-32-34-119-118-33-26-85-64(102)43-95(45-66(105)106)31-30-94(44-65(103)104)42-54(99)11-9-25-84-63(101)21-19-52(71(108)109)35-61(100)51-17-14-49(15-18-51)16-20-53-40-86-69-67(87-53)70(107)90-76(83)89-69/h7-8,10,12-15,17-18,23,36-37,40,48,50,52,72-74,88,110,113-114H,5-6,9,11,16,19-22,24-35,38-39,41-47H2,1-4H3,(H,84,101)(H,85,102)(H,91,111)(H,92,112)(H,103,104)(H,105,106)(H,108,109)(H3,83,86,89,90,107)/t50-,52+,72+,73-,74-,78+,79-,80+,81-,82+/m1/s1. The number of anilines is 2. The SMILES string of the molecule is CC[C@]1(O)C[C@H]2CN(CCc3c([nH]c4ccccc34)[C@@](COC=O)(c3cc4c(cc3OC)N(C)[C@H]3[C@@](O)(C(=O)NNC(=O)OCCSSCCNC(=O)CN(CCN(CC(=O)O)CC(=O)CCCNC(=O)CC[C@@H](CC(=O)c5ccc(CCc6cnc7nc(N)[nH]c(=O)c7n6)cc5)C(=O)O)CC(=O)O)[C@H](O)[C@]5(CC)C=CCN6CC[C@]43[C@@H]65)C2)C1. The number of nitrogens with zero attached hydrogens (tertiary/aromatic N) is 8. The number of hydrazine groups is 1. The Morgan fingerprint density at radius 1 is 0.832 bits per heavy atom. The monoisotopic (exact) mass is 1680 g/mol. The molecule has 14 N–H and O–H groups in total. The number of likely N-dealkylation sites (N-methyl/N-ethyl adjacent to an activating group) is 1. The Hall–Kier alpha value is -10.1. The predicted molar refractivity (Wildman–Crippen MR) is 440 cm³/mol. The van der Waals surface area contributed by atoms with Gasteiger partial charge in [0.05, 0.1) is 68.2 Å². The van der Waals surface area contributed by atoms with Gasteiger partial charge in [0, 0.05) is 147 Å². The van der Waals surface area contributed by atoms with Crippen molar-refractivity contribution in [3.63, 3.8) is 0 Å². The minimum atomic E-state index is -2.61. The molecular weight excluding hydrogens is 1580 g/mol. The number of carbonyl (C=O) groups excluding carboxylic acids is 7. The van der Waals surface area contributed by atoms with Gasteiger partial charge in [0.15, 0.2) is 22.5 Å². The van der Waals surface area contributed by atoms with Crippen LogP contribution in [0.3, 0.4) is 0 Å². The summed E-state index contributed by atoms with van der Waals surface area (Å²) >= 11 is 0. The Kier molecular flexibility index (Phi) is 28.2. The van der Waals surface area contributed by atoms with Gasteiger partial charge >= 0.3 is 24.0 Å². The van der Waals surface area contributed by atoms with Crippen molar-refractivity contribution < 1.29 is 92.8 Å². The molecule has 5 aliphatic heterocycles. The van der Waals surface area contributed by atoms with E-state index in [2.05, 4.69) is 68.3 Å². The van der Waals surface area contributed by atoms with Crippen molar-refractivity contribution in [2.75, 3.05) is 135 Å². The minimum Gasteiger partial charge on any atom is -0.496 e. The van der Waals surface area contributed by atoms with Crippen LogP contribution in [-0.2, 0) is 77.9 Å². The van der Waals surface area contributed by atoms with Gasteiger partial charge in [0.25, 0.3) is 17.9 Å². The van der Waals surface area contributed by atoms with Crippen LogP contribution in [0.15, 0.2) is 83.8 Å². The topological polar surface area (TPSA) is 497 Å². The summed E-state index contributed by atoms with van der Waals surface area (Å²) in [4.78, 5) is 170. The van der Waals surface area contributed by atoms with Crippen molar-refractivity contribution in [3.8, 4) is 5.75 Å². The number of aliphatic hydroxyl groups excluding tert-OH is 1. The van der Waals surface area contributed by atoms with E-state index in [0.29, 0.717) is 113 Å². The van der Waals surface area contributed by atoms with E-state index in [9.17, 15) is 78.6 Å². The molecule has 2 saturated heterocycles. The van der Waals surface area contributed by atoms with Crippen LogP contribution in [0.4, 0.5) is 16.4 Å². The maximum atomic E-state index is 15.2. The molecule has 3 aromatic heterocycles. The van der Waals surface area contributed by atoms with Gasteiger partial charge in [0.2, 0.25) is 17.8 Å². The number of hydrogen-bond donors (Lipinski definition) is 13. The van der Waals surface area contributed by atoms with Crippen LogP contribution in [0.1, 0.15) is 122 Å². The van der Waals surface area contributed by atoms with Crippen LogP contribution < -0.4 is 42.4 Å². The molecule has 3 fully saturated rings. The Labute approximate surface area is 694 Å². The number of nitrogen functional groups attached to an aromatic ring is 1. The van der Waals surface area contributed by atoms with Gasteiger partial charge in [-0.2, -0.15) is 4.98 Å². The van der Waals surface area contributed by atoms with E-state index < -0.39 is 118 Å². The summed E-state index contributed by atoms with van der Waals surface area (Å²) in [5, 5.41) is 74.5. The molecule has 6 aromatic rings. The number of aromatic amines is 2. The second-order valence-corrected chi connectivity index (χ2v) is 34.7. The number of fused-ring (bicyclic) bond motifs is 7. The van der Waals surface area contributed by atoms with Crippen molar-refractivity contribution in [2.45, 2.75) is 138 Å². The number of carboxylic acid groups (broad SMARTS) is 3. The normalized spacial score (nSPS) is 24.3. The van der Waals surface area contributed by atoms with E-state index in [1.54, 1.807) is 38.4 Å². The lowest BCUT2D eigenvalue weighted by molar-refractivity contribution is -0.204. The number of methoxy groups -OCH3 is 1. The lowest BCUT2D eigenvalue weighted by Crippen LogP contribution is -2.82. The highest BCUT2D eigenvalue weighted by atomic mass is 33.1. The number of nitrogens with one attached hydrogen (secondary N) is 6. The minimum absolute atomic E-state index is 0.0327. The summed E-state index contributed by atoms with van der Waals surface area (Å²) < 4.78 is 17.9. The summed E-state index contributed by atoms with van der Waals surface area (Å²) in [5.41, 5.74) is 9.71. The predicted octanol–water partition coefficient (Wildman–Crippen LogP) is 2.89. The van der Waals surface area contributed by atoms with Crippen molar-refractivity contribution >= 4 is 115 Å². The van der Waals surface area contributed by atoms with Crippen molar-refractivity contribution in [1.82, 2.24) is 66.0 Å². The number of amides is 4. The highest BCUT2D eigenvalue weighted by molar-refractivity contribution is 8.76. The molecule has 35 nitrogen and oxygen atoms in total. The average Bonchev–Trinajstić information content (AvgIpc) is 1.49. The number of aromatic nitrogens is 5. The number of carboxylic acids is 3. The zero-order valence-electron chi connectivity index (χ0n) is 67.1. The van der Waals surface area contributed by atoms with Crippen LogP contribution in [0.5, 0.6) is 5.75 Å². The third-order valence-corrected chi connectivity index (χ3v) is 27.0. The quantitative estimate of drug-likeness (QED) is 0.00657. The second kappa shape index (κ2) is 38.1. The third-order valence-electron chi connectivity index (χ3n) is 24.6. The van der Waals surface area contributed by atoms with Crippen LogP contribution in [0, 0.1) is 17.3 Å². The summed E-state index contributed by atoms with van der Waals surface area (Å²) in [6.45, 7) is 5.28. The molecule has 12 rings (SSSR count). The van der Waals surface area contributed by atoms with E-state index in [1.807, 2.05) is 55.2 Å². The highest BCUT2D eigenvalue weighted by Gasteiger charge is 2.79. The Bertz CT molecular complexity index is 4880. The molecule has 8 heterocycles. The first-order valence-corrected chi connectivity index (χ1v) is 42.7. The first kappa shape index (κ1) is 88.2. The number of rotatable bonds is 40. The summed E-state index contributed by atoms with van der Waals surface area (Å²) in [6.07, 6.45) is 5.79. The van der Waals surface area contributed by atoms with Crippen LogP contribution >= 0.6 is 21.6 Å². The molecule has 6 aliphatic rings. The van der Waals surface area contributed by atoms with E-state index in [0.717, 1.165) is 38.9 Å². The smallest absolute Gasteiger partial charge is 0.426 e. The number of hydrogen-bond acceptors (Lipinski definition) is 28. The number of benzene rings is 3. The molecule has 640 valence electrons. The number of carbonyl (C=O) groups is 10. The number of Topliss-reactive ketones (excluding diaryl/α,β-unsaturated/α-hetero) is 2. The van der Waals surface area contributed by atoms with Gasteiger partial charge in [-0.15, -0.1) is 0 Å². The summed E-state index contributed by atoms with van der Waals surface area (Å²) in [5.74, 6) is -6.92. The molecule has 1 aliphatic carbocycles.